The lowest BCUT2D eigenvalue weighted by molar-refractivity contribution is -0.137. The van der Waals surface area contributed by atoms with Crippen LogP contribution in [0.4, 0.5) is 0 Å². The minimum atomic E-state index is -0.909. The zero-order valence-corrected chi connectivity index (χ0v) is 6.77. The Morgan fingerprint density at radius 2 is 2.58 bits per heavy atom. The van der Waals surface area contributed by atoms with E-state index in [1.165, 1.54) is 0 Å². The van der Waals surface area contributed by atoms with E-state index in [-0.39, 0.29) is 6.42 Å². The van der Waals surface area contributed by atoms with E-state index in [0.717, 1.165) is 0 Å². The van der Waals surface area contributed by atoms with E-state index in [9.17, 15) is 4.79 Å². The average Bonchev–Trinajstić information content (AvgIpc) is 2.34. The molecule has 0 radical (unpaired) electrons. The molecule has 0 amide bonds. The smallest absolute Gasteiger partial charge is 0.305 e. The first-order valence-electron chi connectivity index (χ1n) is 3.55. The van der Waals surface area contributed by atoms with Gasteiger partial charge >= 0.3 is 5.97 Å². The van der Waals surface area contributed by atoms with Crippen LogP contribution in [0.15, 0.2) is 12.5 Å². The third-order valence-electron chi connectivity index (χ3n) is 1.50. The molecule has 3 N–H and O–H groups in total. The fraction of sp³-hybridized carbons (Fsp3) is 0.429. The third-order valence-corrected chi connectivity index (χ3v) is 1.50. The number of carboxylic acids is 1. The van der Waals surface area contributed by atoms with Gasteiger partial charge in [0.05, 0.1) is 24.5 Å². The van der Waals surface area contributed by atoms with E-state index in [4.69, 9.17) is 10.8 Å². The summed E-state index contributed by atoms with van der Waals surface area (Å²) in [5, 5.41) is 8.44. The summed E-state index contributed by atoms with van der Waals surface area (Å²) >= 11 is 0. The number of nitrogens with zero attached hydrogens (tertiary/aromatic N) is 2. The maximum Gasteiger partial charge on any atom is 0.305 e. The zero-order chi connectivity index (χ0) is 9.14. The summed E-state index contributed by atoms with van der Waals surface area (Å²) in [7, 11) is 1.81. The van der Waals surface area contributed by atoms with Crippen molar-refractivity contribution in [3.8, 4) is 0 Å². The summed E-state index contributed by atoms with van der Waals surface area (Å²) in [5.74, 6) is -0.909. The first kappa shape index (κ1) is 8.73. The summed E-state index contributed by atoms with van der Waals surface area (Å²) in [6.07, 6.45) is 3.22. The molecule has 1 atom stereocenters. The molecule has 1 aromatic rings. The number of rotatable bonds is 3. The van der Waals surface area contributed by atoms with Gasteiger partial charge in [0.15, 0.2) is 0 Å². The van der Waals surface area contributed by atoms with Crippen LogP contribution in [0, 0.1) is 0 Å². The number of aryl methyl sites for hydroxylation is 1. The molecule has 1 heterocycles. The summed E-state index contributed by atoms with van der Waals surface area (Å²) in [5.41, 5.74) is 6.16. The fourth-order valence-electron chi connectivity index (χ4n) is 0.917. The molecule has 1 rings (SSSR count). The molecule has 0 aliphatic rings. The second-order valence-electron chi connectivity index (χ2n) is 2.67. The molecule has 0 unspecified atom stereocenters. The Kier molecular flexibility index (Phi) is 2.44. The van der Waals surface area contributed by atoms with Crippen LogP contribution in [0.1, 0.15) is 18.2 Å². The maximum atomic E-state index is 10.3. The number of imidazole rings is 1. The van der Waals surface area contributed by atoms with E-state index < -0.39 is 12.0 Å². The second-order valence-corrected chi connectivity index (χ2v) is 2.67. The van der Waals surface area contributed by atoms with Crippen LogP contribution in [-0.4, -0.2) is 20.6 Å². The van der Waals surface area contributed by atoms with E-state index in [2.05, 4.69) is 4.98 Å². The van der Waals surface area contributed by atoms with Gasteiger partial charge in [0.25, 0.3) is 0 Å². The van der Waals surface area contributed by atoms with Gasteiger partial charge in [0.2, 0.25) is 0 Å². The van der Waals surface area contributed by atoms with Gasteiger partial charge in [0, 0.05) is 13.2 Å². The summed E-state index contributed by atoms with van der Waals surface area (Å²) in [6.45, 7) is 0. The van der Waals surface area contributed by atoms with Crippen LogP contribution < -0.4 is 5.73 Å². The number of hydrogen-bond donors (Lipinski definition) is 2. The van der Waals surface area contributed by atoms with Crippen molar-refractivity contribution in [2.45, 2.75) is 12.5 Å². The average molecular weight is 169 g/mol. The molecule has 0 saturated carbocycles. The highest BCUT2D eigenvalue weighted by Gasteiger charge is 2.12. The molecule has 0 aliphatic carbocycles. The first-order valence-corrected chi connectivity index (χ1v) is 3.55. The molecule has 0 saturated heterocycles. The summed E-state index contributed by atoms with van der Waals surface area (Å²) in [4.78, 5) is 14.2. The Hall–Kier alpha value is -1.36. The Morgan fingerprint density at radius 1 is 1.92 bits per heavy atom. The van der Waals surface area contributed by atoms with Crippen molar-refractivity contribution in [3.63, 3.8) is 0 Å². The van der Waals surface area contributed by atoms with Gasteiger partial charge in [-0.3, -0.25) is 4.79 Å². The van der Waals surface area contributed by atoms with E-state index in [0.29, 0.717) is 5.69 Å². The lowest BCUT2D eigenvalue weighted by Crippen LogP contribution is -2.15. The molecule has 1 aromatic heterocycles. The highest BCUT2D eigenvalue weighted by molar-refractivity contribution is 5.67. The number of nitrogens with two attached hydrogens (primary N) is 1. The lowest BCUT2D eigenvalue weighted by Gasteiger charge is -2.03. The third kappa shape index (κ3) is 2.06. The monoisotopic (exact) mass is 169 g/mol. The van der Waals surface area contributed by atoms with Gasteiger partial charge in [-0.15, -0.1) is 0 Å². The highest BCUT2D eigenvalue weighted by Crippen LogP contribution is 2.09. The molecule has 0 bridgehead atoms. The van der Waals surface area contributed by atoms with Crippen molar-refractivity contribution < 1.29 is 9.90 Å². The van der Waals surface area contributed by atoms with Gasteiger partial charge in [-0.05, 0) is 0 Å². The second kappa shape index (κ2) is 3.36. The van der Waals surface area contributed by atoms with E-state index >= 15 is 0 Å². The van der Waals surface area contributed by atoms with Crippen molar-refractivity contribution in [2.24, 2.45) is 12.8 Å². The molecule has 0 aromatic carbocycles. The zero-order valence-electron chi connectivity index (χ0n) is 6.77. The number of aromatic nitrogens is 2. The Balaban J connectivity index is 2.64. The standard InChI is InChI=1S/C7H11N3O2/c1-10-3-6(9-4-10)5(8)2-7(11)12/h3-5H,2,8H2,1H3,(H,11,12)/t5-/m0/s1. The molecular weight excluding hydrogens is 158 g/mol. The van der Waals surface area contributed by atoms with Crippen LogP contribution in [0.2, 0.25) is 0 Å². The van der Waals surface area contributed by atoms with Crippen molar-refractivity contribution >= 4 is 5.97 Å². The highest BCUT2D eigenvalue weighted by atomic mass is 16.4. The SMILES string of the molecule is Cn1cnc([C@@H](N)CC(=O)O)c1. The Bertz CT molecular complexity index is 282. The van der Waals surface area contributed by atoms with E-state index in [1.54, 1.807) is 17.1 Å². The van der Waals surface area contributed by atoms with Crippen molar-refractivity contribution in [2.75, 3.05) is 0 Å². The molecule has 0 aliphatic heterocycles. The largest absolute Gasteiger partial charge is 0.481 e. The Labute approximate surface area is 69.8 Å². The lowest BCUT2D eigenvalue weighted by atomic mass is 10.2. The van der Waals surface area contributed by atoms with Gasteiger partial charge in [-0.1, -0.05) is 0 Å². The maximum absolute atomic E-state index is 10.3. The van der Waals surface area contributed by atoms with E-state index in [1.807, 2.05) is 7.05 Å². The summed E-state index contributed by atoms with van der Waals surface area (Å²) < 4.78 is 1.73. The Morgan fingerprint density at radius 3 is 3.00 bits per heavy atom. The predicted octanol–water partition coefficient (Wildman–Crippen LogP) is -0.105. The molecule has 12 heavy (non-hydrogen) atoms. The number of hydrogen-bond acceptors (Lipinski definition) is 3. The quantitative estimate of drug-likeness (QED) is 0.661. The van der Waals surface area contributed by atoms with Crippen LogP contribution in [0.3, 0.4) is 0 Å². The first-order chi connectivity index (χ1) is 5.59. The van der Waals surface area contributed by atoms with Crippen LogP contribution in [0.25, 0.3) is 0 Å². The predicted molar refractivity (Wildman–Crippen MR) is 42.4 cm³/mol. The van der Waals surface area contributed by atoms with Crippen LogP contribution >= 0.6 is 0 Å². The topological polar surface area (TPSA) is 81.1 Å². The summed E-state index contributed by atoms with van der Waals surface area (Å²) in [6, 6.07) is -0.510. The minimum Gasteiger partial charge on any atom is -0.481 e. The van der Waals surface area contributed by atoms with Gasteiger partial charge in [0.1, 0.15) is 0 Å². The fourth-order valence-corrected chi connectivity index (χ4v) is 0.917. The molecule has 5 heteroatoms. The minimum absolute atomic E-state index is 0.0863. The number of aliphatic carboxylic acids is 1. The molecule has 66 valence electrons. The van der Waals surface area contributed by atoms with Crippen molar-refractivity contribution in [1.29, 1.82) is 0 Å². The van der Waals surface area contributed by atoms with Gasteiger partial charge < -0.3 is 15.4 Å². The number of carboxylic acid groups (broad SMARTS) is 1. The number of carbonyl (C=O) groups is 1. The van der Waals surface area contributed by atoms with Crippen molar-refractivity contribution in [3.05, 3.63) is 18.2 Å². The van der Waals surface area contributed by atoms with Gasteiger partial charge in [-0.25, -0.2) is 4.98 Å². The van der Waals surface area contributed by atoms with Crippen molar-refractivity contribution in [1.82, 2.24) is 9.55 Å². The molecule has 0 spiro atoms. The molecule has 5 nitrogen and oxygen atoms in total. The molecular formula is C7H11N3O2. The van der Waals surface area contributed by atoms with Gasteiger partial charge in [-0.2, -0.15) is 0 Å². The van der Waals surface area contributed by atoms with Crippen LogP contribution in [0.5, 0.6) is 0 Å². The molecule has 0 fully saturated rings. The van der Waals surface area contributed by atoms with Crippen LogP contribution in [-0.2, 0) is 11.8 Å². The normalized spacial score (nSPS) is 12.8.